The molecular weight excluding hydrogens is 729 g/mol. The predicted molar refractivity (Wildman–Crippen MR) is 231 cm³/mol. The number of piperidine rings is 1. The monoisotopic (exact) mass is 790 g/mol. The number of hydrogen-bond donors (Lipinski definition) is 6. The third-order valence-electron chi connectivity index (χ3n) is 11.4. The lowest BCUT2D eigenvalue weighted by atomic mass is 9.81. The number of carbonyl (C=O) groups is 2. The van der Waals surface area contributed by atoms with Gasteiger partial charge in [0.25, 0.3) is 0 Å². The van der Waals surface area contributed by atoms with E-state index in [4.69, 9.17) is 10.5 Å². The van der Waals surface area contributed by atoms with Gasteiger partial charge in [-0.15, -0.1) is 0 Å². The summed E-state index contributed by atoms with van der Waals surface area (Å²) in [4.78, 5) is 30.5. The number of aliphatic hydroxyl groups excluding tert-OH is 2. The first-order chi connectivity index (χ1) is 28.3. The number of nitrogens with zero attached hydrogens (tertiary/aromatic N) is 1. The zero-order valence-electron chi connectivity index (χ0n) is 34.1. The Labute approximate surface area is 344 Å². The molecule has 1 aliphatic heterocycles. The number of phenols is 1. The van der Waals surface area contributed by atoms with Gasteiger partial charge in [-0.05, 0) is 165 Å². The molecule has 2 heterocycles. The number of nitrogens with two attached hydrogens (primary N) is 1. The zero-order valence-corrected chi connectivity index (χ0v) is 34.1. The summed E-state index contributed by atoms with van der Waals surface area (Å²) in [6.45, 7) is 2.01. The Hall–Kier alpha value is -4.87. The van der Waals surface area contributed by atoms with E-state index in [1.165, 1.54) is 47.7 Å². The van der Waals surface area contributed by atoms with E-state index in [-0.39, 0.29) is 29.3 Å². The van der Waals surface area contributed by atoms with E-state index in [0.29, 0.717) is 42.1 Å². The molecule has 3 aromatic carbocycles. The standard InChI is InChI=1S/C48H62N4O6/c1-50-30-39(37-19-21-51-22-20-37)13-6-3-7-14-43(55)28-44(56)25-42(32-53)45-29-47(58-33-54)46(57)26-40(45)24-41-31-52-48(49)27-38(41)18-17-36-12-8-11-35(23-36)16-15-34-9-4-2-5-10-34/h2,4-5,8-12,23,25-27,29,31,37,39,50-51,53-54,57H,3,6-7,13-22,24,28,30,32-33H2,1H3,(H2,49,52). The van der Waals surface area contributed by atoms with Crippen LogP contribution in [0.2, 0.25) is 0 Å². The van der Waals surface area contributed by atoms with Gasteiger partial charge in [0.15, 0.2) is 24.1 Å². The van der Waals surface area contributed by atoms with E-state index in [1.54, 1.807) is 6.20 Å². The number of allylic oxidation sites excluding steroid dienone is 1. The molecule has 1 atom stereocenters. The van der Waals surface area contributed by atoms with Gasteiger partial charge in [-0.3, -0.25) is 9.59 Å². The molecule has 1 saturated heterocycles. The molecule has 0 radical (unpaired) electrons. The number of nitrogens with one attached hydrogen (secondary N) is 2. The molecule has 10 heteroatoms. The van der Waals surface area contributed by atoms with E-state index in [2.05, 4.69) is 64.1 Å². The Bertz CT molecular complexity index is 1940. The van der Waals surface area contributed by atoms with Crippen LogP contribution in [0.4, 0.5) is 5.82 Å². The second kappa shape index (κ2) is 23.5. The zero-order chi connectivity index (χ0) is 41.1. The van der Waals surface area contributed by atoms with Crippen LogP contribution in [-0.4, -0.2) is 72.0 Å². The summed E-state index contributed by atoms with van der Waals surface area (Å²) >= 11 is 0. The number of carbonyl (C=O) groups excluding carboxylic acids is 2. The maximum Gasteiger partial charge on any atom is 0.186 e. The average molecular weight is 791 g/mol. The lowest BCUT2D eigenvalue weighted by Gasteiger charge is -2.30. The highest BCUT2D eigenvalue weighted by molar-refractivity contribution is 6.07. The summed E-state index contributed by atoms with van der Waals surface area (Å²) in [7, 11) is 2.01. The van der Waals surface area contributed by atoms with Crippen LogP contribution in [0.15, 0.2) is 85.1 Å². The molecule has 1 aliphatic rings. The molecule has 0 bridgehead atoms. The van der Waals surface area contributed by atoms with Gasteiger partial charge in [0.2, 0.25) is 0 Å². The largest absolute Gasteiger partial charge is 0.504 e. The van der Waals surface area contributed by atoms with E-state index >= 15 is 0 Å². The third-order valence-corrected chi connectivity index (χ3v) is 11.4. The van der Waals surface area contributed by atoms with Gasteiger partial charge in [-0.1, -0.05) is 67.4 Å². The van der Waals surface area contributed by atoms with Crippen molar-refractivity contribution in [3.05, 3.63) is 124 Å². The fourth-order valence-corrected chi connectivity index (χ4v) is 8.26. The first kappa shape index (κ1) is 44.2. The van der Waals surface area contributed by atoms with Crippen molar-refractivity contribution in [3.63, 3.8) is 0 Å². The number of aryl methyl sites for hydroxylation is 4. The Morgan fingerprint density at radius 2 is 1.62 bits per heavy atom. The van der Waals surface area contributed by atoms with Gasteiger partial charge in [-0.25, -0.2) is 4.98 Å². The number of phenolic OH excluding ortho intramolecular Hbond substituents is 1. The summed E-state index contributed by atoms with van der Waals surface area (Å²) in [6, 6.07) is 24.0. The minimum Gasteiger partial charge on any atom is -0.504 e. The molecular formula is C48H62N4O6. The van der Waals surface area contributed by atoms with Gasteiger partial charge in [0, 0.05) is 12.6 Å². The average Bonchev–Trinajstić information content (AvgIpc) is 3.23. The lowest BCUT2D eigenvalue weighted by molar-refractivity contribution is -0.124. The van der Waals surface area contributed by atoms with Crippen molar-refractivity contribution >= 4 is 23.0 Å². The smallest absolute Gasteiger partial charge is 0.186 e. The van der Waals surface area contributed by atoms with Crippen molar-refractivity contribution < 1.29 is 29.6 Å². The molecule has 7 N–H and O–H groups in total. The fourth-order valence-electron chi connectivity index (χ4n) is 8.26. The molecule has 1 aromatic heterocycles. The number of rotatable bonds is 24. The second-order valence-electron chi connectivity index (χ2n) is 15.6. The first-order valence-corrected chi connectivity index (χ1v) is 20.9. The second-order valence-corrected chi connectivity index (χ2v) is 15.6. The van der Waals surface area contributed by atoms with E-state index < -0.39 is 19.2 Å². The highest BCUT2D eigenvalue weighted by Gasteiger charge is 2.23. The van der Waals surface area contributed by atoms with Gasteiger partial charge >= 0.3 is 0 Å². The Morgan fingerprint density at radius 3 is 2.34 bits per heavy atom. The van der Waals surface area contributed by atoms with Crippen molar-refractivity contribution in [1.29, 1.82) is 0 Å². The van der Waals surface area contributed by atoms with Crippen molar-refractivity contribution in [2.45, 2.75) is 83.5 Å². The minimum atomic E-state index is -0.675. The minimum absolute atomic E-state index is 0.00374. The summed E-state index contributed by atoms with van der Waals surface area (Å²) in [5.74, 6) is 1.04. The molecule has 10 nitrogen and oxygen atoms in total. The normalized spacial score (nSPS) is 14.0. The molecule has 0 spiro atoms. The number of benzene rings is 3. The number of Topliss-reactive ketones (excluding diaryl/α,β-unsaturated/α-hetero) is 1. The molecule has 0 saturated carbocycles. The maximum atomic E-state index is 13.3. The van der Waals surface area contributed by atoms with Crippen LogP contribution < -0.4 is 21.1 Å². The number of aromatic hydroxyl groups is 1. The fraction of sp³-hybridized carbons (Fsp3) is 0.438. The molecule has 4 aromatic rings. The number of ether oxygens (including phenoxy) is 1. The predicted octanol–water partition coefficient (Wildman–Crippen LogP) is 6.55. The molecule has 5 rings (SSSR count). The first-order valence-electron chi connectivity index (χ1n) is 20.9. The molecule has 0 aliphatic carbocycles. The van der Waals surface area contributed by atoms with E-state index in [9.17, 15) is 24.9 Å². The lowest BCUT2D eigenvalue weighted by Crippen LogP contribution is -2.35. The van der Waals surface area contributed by atoms with Gasteiger partial charge < -0.3 is 36.4 Å². The highest BCUT2D eigenvalue weighted by atomic mass is 16.6. The number of ketones is 2. The third kappa shape index (κ3) is 13.9. The Kier molecular flexibility index (Phi) is 17.9. The van der Waals surface area contributed by atoms with Crippen LogP contribution in [0.1, 0.15) is 90.3 Å². The van der Waals surface area contributed by atoms with Crippen LogP contribution in [0.5, 0.6) is 11.5 Å². The van der Waals surface area contributed by atoms with Crippen molar-refractivity contribution in [2.24, 2.45) is 11.8 Å². The molecule has 1 unspecified atom stereocenters. The van der Waals surface area contributed by atoms with Crippen LogP contribution in [-0.2, 0) is 41.7 Å². The number of hydrogen-bond acceptors (Lipinski definition) is 10. The Morgan fingerprint density at radius 1 is 0.897 bits per heavy atom. The van der Waals surface area contributed by atoms with Crippen LogP contribution in [0.25, 0.3) is 5.57 Å². The molecule has 310 valence electrons. The number of aliphatic hydroxyl groups is 2. The summed E-state index contributed by atoms with van der Waals surface area (Å²) in [5, 5.41) is 37.7. The van der Waals surface area contributed by atoms with Crippen molar-refractivity contribution in [1.82, 2.24) is 15.6 Å². The topological polar surface area (TPSA) is 167 Å². The Balaban J connectivity index is 1.23. The number of pyridine rings is 1. The quantitative estimate of drug-likeness (QED) is 0.0198. The van der Waals surface area contributed by atoms with Gasteiger partial charge in [0.1, 0.15) is 11.6 Å². The van der Waals surface area contributed by atoms with Crippen LogP contribution in [0, 0.1) is 11.8 Å². The molecule has 58 heavy (non-hydrogen) atoms. The summed E-state index contributed by atoms with van der Waals surface area (Å²) in [6.07, 6.45) is 13.1. The molecule has 1 fully saturated rings. The highest BCUT2D eigenvalue weighted by Crippen LogP contribution is 2.35. The number of unbranched alkanes of at least 4 members (excludes halogenated alkanes) is 2. The van der Waals surface area contributed by atoms with Gasteiger partial charge in [-0.2, -0.15) is 0 Å². The summed E-state index contributed by atoms with van der Waals surface area (Å²) in [5.41, 5.74) is 13.2. The van der Waals surface area contributed by atoms with Gasteiger partial charge in [0.05, 0.1) is 13.0 Å². The van der Waals surface area contributed by atoms with Crippen LogP contribution >= 0.6 is 0 Å². The molecule has 0 amide bonds. The maximum absolute atomic E-state index is 13.3. The van der Waals surface area contributed by atoms with E-state index in [0.717, 1.165) is 81.6 Å². The van der Waals surface area contributed by atoms with E-state index in [1.807, 2.05) is 19.2 Å². The number of aromatic nitrogens is 1. The van der Waals surface area contributed by atoms with Crippen molar-refractivity contribution in [3.8, 4) is 11.5 Å². The number of anilines is 1. The van der Waals surface area contributed by atoms with Crippen LogP contribution in [0.3, 0.4) is 0 Å². The van der Waals surface area contributed by atoms with Crippen molar-refractivity contribution in [2.75, 3.05) is 45.8 Å². The SMILES string of the molecule is CNCC(CCCCCC(=O)CC(=O)C=C(CO)c1cc(OCO)c(O)cc1Cc1cnc(N)cc1CCc1cccc(CCc2ccccc2)c1)C1CCNCC1. The summed E-state index contributed by atoms with van der Waals surface area (Å²) < 4.78 is 5.27. The number of nitrogen functional groups attached to an aromatic ring is 1.